The highest BCUT2D eigenvalue weighted by molar-refractivity contribution is 7.02. The number of aromatic nitrogens is 2. The molecule has 26 heavy (non-hydrogen) atoms. The fourth-order valence-corrected chi connectivity index (χ4v) is 3.45. The van der Waals surface area contributed by atoms with Crippen LogP contribution in [0.4, 0.5) is 17.6 Å². The third-order valence-electron chi connectivity index (χ3n) is 4.11. The smallest absolute Gasteiger partial charge is 0.303 e. The second-order valence-electron chi connectivity index (χ2n) is 6.61. The Morgan fingerprint density at radius 3 is 2.65 bits per heavy atom. The van der Waals surface area contributed by atoms with E-state index in [9.17, 15) is 22.4 Å². The van der Waals surface area contributed by atoms with Gasteiger partial charge in [-0.2, -0.15) is 22.5 Å². The molecular weight excluding hydrogens is 370 g/mol. The molecule has 140 valence electrons. The summed E-state index contributed by atoms with van der Waals surface area (Å²) in [6, 6.07) is 2.61. The highest BCUT2D eigenvalue weighted by Crippen LogP contribution is 2.33. The first-order valence-corrected chi connectivity index (χ1v) is 8.97. The van der Waals surface area contributed by atoms with Gasteiger partial charge < -0.3 is 4.57 Å². The Bertz CT molecular complexity index is 894. The molecule has 1 aromatic heterocycles. The van der Waals surface area contributed by atoms with E-state index in [4.69, 9.17) is 0 Å². The zero-order chi connectivity index (χ0) is 19.1. The van der Waals surface area contributed by atoms with Crippen LogP contribution in [0.2, 0.25) is 0 Å². The van der Waals surface area contributed by atoms with Crippen LogP contribution in [0.3, 0.4) is 0 Å². The number of hydrogen-bond acceptors (Lipinski definition) is 3. The summed E-state index contributed by atoms with van der Waals surface area (Å²) >= 11 is 0.994. The van der Waals surface area contributed by atoms with Crippen LogP contribution in [-0.2, 0) is 12.7 Å². The summed E-state index contributed by atoms with van der Waals surface area (Å²) in [6.45, 7) is 4.56. The lowest BCUT2D eigenvalue weighted by atomic mass is 10.1. The Hall–Kier alpha value is -2.03. The number of halogens is 4. The number of alkyl halides is 3. The van der Waals surface area contributed by atoms with E-state index in [1.807, 2.05) is 18.4 Å². The van der Waals surface area contributed by atoms with Crippen LogP contribution in [-0.4, -0.2) is 14.8 Å². The molecule has 1 fully saturated rings. The topological polar surface area (TPSA) is 47.2 Å². The van der Waals surface area contributed by atoms with E-state index in [0.29, 0.717) is 18.5 Å². The molecule has 1 heterocycles. The van der Waals surface area contributed by atoms with Gasteiger partial charge in [-0.1, -0.05) is 19.9 Å². The zero-order valence-electron chi connectivity index (χ0n) is 14.2. The zero-order valence-corrected chi connectivity index (χ0v) is 15.0. The minimum atomic E-state index is -4.87. The third kappa shape index (κ3) is 3.87. The van der Waals surface area contributed by atoms with Crippen molar-refractivity contribution in [2.75, 3.05) is 0 Å². The average Bonchev–Trinajstić information content (AvgIpc) is 3.27. The largest absolute Gasteiger partial charge is 0.419 e. The molecule has 3 rings (SSSR count). The van der Waals surface area contributed by atoms with Gasteiger partial charge in [-0.05, 0) is 30.9 Å². The van der Waals surface area contributed by atoms with Crippen molar-refractivity contribution in [2.24, 2.45) is 10.9 Å². The van der Waals surface area contributed by atoms with Crippen LogP contribution in [0.15, 0.2) is 23.2 Å². The number of carbonyl (C=O) groups excluding carboxylic acids is 1. The minimum absolute atomic E-state index is 0.106. The van der Waals surface area contributed by atoms with Crippen molar-refractivity contribution >= 4 is 17.4 Å². The molecule has 1 aromatic carbocycles. The molecule has 2 aromatic rings. The Balaban J connectivity index is 2.02. The molecule has 1 aliphatic carbocycles. The van der Waals surface area contributed by atoms with Gasteiger partial charge in [0.15, 0.2) is 0 Å². The Kier molecular flexibility index (Phi) is 5.01. The lowest BCUT2D eigenvalue weighted by Crippen LogP contribution is -2.21. The third-order valence-corrected chi connectivity index (χ3v) is 4.87. The first-order valence-electron chi connectivity index (χ1n) is 8.19. The number of benzene rings is 1. The molecule has 1 saturated carbocycles. The van der Waals surface area contributed by atoms with Crippen LogP contribution in [0, 0.1) is 11.7 Å². The van der Waals surface area contributed by atoms with Crippen LogP contribution in [0.5, 0.6) is 0 Å². The Morgan fingerprint density at radius 1 is 1.38 bits per heavy atom. The molecule has 9 heteroatoms. The molecule has 1 aliphatic rings. The molecule has 4 nitrogen and oxygen atoms in total. The maximum absolute atomic E-state index is 14.2. The summed E-state index contributed by atoms with van der Waals surface area (Å²) in [6.07, 6.45) is -2.71. The van der Waals surface area contributed by atoms with Crippen LogP contribution < -0.4 is 4.80 Å². The number of amides is 1. The second-order valence-corrected chi connectivity index (χ2v) is 7.34. The van der Waals surface area contributed by atoms with Crippen molar-refractivity contribution in [3.05, 3.63) is 45.8 Å². The summed E-state index contributed by atoms with van der Waals surface area (Å²) in [4.78, 5) is 16.5. The van der Waals surface area contributed by atoms with Gasteiger partial charge in [0.1, 0.15) is 11.6 Å². The maximum atomic E-state index is 14.2. The van der Waals surface area contributed by atoms with E-state index in [0.717, 1.165) is 42.3 Å². The fraction of sp³-hybridized carbons (Fsp3) is 0.471. The van der Waals surface area contributed by atoms with Gasteiger partial charge in [0.2, 0.25) is 4.80 Å². The van der Waals surface area contributed by atoms with Gasteiger partial charge in [0.25, 0.3) is 5.91 Å². The lowest BCUT2D eigenvalue weighted by molar-refractivity contribution is -0.140. The summed E-state index contributed by atoms with van der Waals surface area (Å²) in [5.74, 6) is -1.29. The van der Waals surface area contributed by atoms with Crippen LogP contribution in [0.25, 0.3) is 0 Å². The summed E-state index contributed by atoms with van der Waals surface area (Å²) < 4.78 is 58.8. The van der Waals surface area contributed by atoms with Crippen molar-refractivity contribution in [1.29, 1.82) is 0 Å². The van der Waals surface area contributed by atoms with E-state index >= 15 is 0 Å². The number of rotatable bonds is 4. The van der Waals surface area contributed by atoms with Crippen LogP contribution >= 0.6 is 11.5 Å². The first kappa shape index (κ1) is 18.8. The predicted molar refractivity (Wildman–Crippen MR) is 88.2 cm³/mol. The fourth-order valence-electron chi connectivity index (χ4n) is 2.58. The molecule has 0 saturated heterocycles. The van der Waals surface area contributed by atoms with Gasteiger partial charge in [0, 0.05) is 24.0 Å². The van der Waals surface area contributed by atoms with Crippen molar-refractivity contribution < 1.29 is 22.4 Å². The van der Waals surface area contributed by atoms with Crippen LogP contribution in [0.1, 0.15) is 54.4 Å². The van der Waals surface area contributed by atoms with Gasteiger partial charge in [-0.25, -0.2) is 4.39 Å². The van der Waals surface area contributed by atoms with E-state index in [-0.39, 0.29) is 10.7 Å². The predicted octanol–water partition coefficient (Wildman–Crippen LogP) is 4.38. The van der Waals surface area contributed by atoms with Crippen molar-refractivity contribution in [1.82, 2.24) is 8.94 Å². The molecule has 0 spiro atoms. The Morgan fingerprint density at radius 2 is 2.08 bits per heavy atom. The van der Waals surface area contributed by atoms with Crippen molar-refractivity contribution in [3.8, 4) is 0 Å². The number of carbonyl (C=O) groups is 1. The first-order chi connectivity index (χ1) is 12.2. The molecule has 0 radical (unpaired) electrons. The summed E-state index contributed by atoms with van der Waals surface area (Å²) in [5, 5.41) is 0. The quantitative estimate of drug-likeness (QED) is 0.731. The van der Waals surface area contributed by atoms with E-state index in [1.165, 1.54) is 0 Å². The number of nitrogens with zero attached hydrogens (tertiary/aromatic N) is 3. The van der Waals surface area contributed by atoms with E-state index in [2.05, 4.69) is 9.37 Å². The van der Waals surface area contributed by atoms with Gasteiger partial charge >= 0.3 is 6.18 Å². The van der Waals surface area contributed by atoms with Crippen molar-refractivity contribution in [2.45, 2.75) is 45.3 Å². The maximum Gasteiger partial charge on any atom is 0.419 e. The molecular formula is C17H17F4N3OS. The van der Waals surface area contributed by atoms with E-state index in [1.54, 1.807) is 0 Å². The summed E-state index contributed by atoms with van der Waals surface area (Å²) in [7, 11) is 0. The van der Waals surface area contributed by atoms with Crippen molar-refractivity contribution in [3.63, 3.8) is 0 Å². The second kappa shape index (κ2) is 6.94. The normalized spacial score (nSPS) is 15.7. The highest BCUT2D eigenvalue weighted by atomic mass is 32.1. The highest BCUT2D eigenvalue weighted by Gasteiger charge is 2.35. The molecule has 0 bridgehead atoms. The molecule has 0 atom stereocenters. The SMILES string of the molecule is CC(C)c1nsc(=NC(=O)c2cccc(C(F)(F)F)c2F)n1CC1CC1. The molecule has 0 unspecified atom stereocenters. The lowest BCUT2D eigenvalue weighted by Gasteiger charge is -2.10. The van der Waals surface area contributed by atoms with Gasteiger partial charge in [-0.15, -0.1) is 0 Å². The summed E-state index contributed by atoms with van der Waals surface area (Å²) in [5.41, 5.74) is -2.17. The molecule has 1 amide bonds. The monoisotopic (exact) mass is 387 g/mol. The van der Waals surface area contributed by atoms with Gasteiger partial charge in [0.05, 0.1) is 11.1 Å². The minimum Gasteiger partial charge on any atom is -0.303 e. The standard InChI is InChI=1S/C17H17F4N3OS/c1-9(2)14-23-26-16(24(14)8-10-6-7-10)22-15(25)11-4-3-5-12(13(11)18)17(19,20)21/h3-5,9-10H,6-8H2,1-2H3. The average molecular weight is 387 g/mol. The molecule has 0 aliphatic heterocycles. The molecule has 0 N–H and O–H groups in total. The van der Waals surface area contributed by atoms with E-state index < -0.39 is 29.0 Å². The Labute approximate surface area is 151 Å². The number of hydrogen-bond donors (Lipinski definition) is 0. The van der Waals surface area contributed by atoms with Gasteiger partial charge in [-0.3, -0.25) is 4.79 Å².